The van der Waals surface area contributed by atoms with E-state index in [0.29, 0.717) is 51.6 Å². The van der Waals surface area contributed by atoms with Crippen LogP contribution >= 0.6 is 23.2 Å². The standard InChI is InChI=1S/C36H31Cl2F2N3O4/c1-2-3-14-43-21-33(30-13-8-25(37)19-31(30)38)42-35(43)32(41-34(44)18-23-15-26(39)20-27(40)16-23)17-22-4-9-28(10-5-22)47-29-11-6-24(7-12-29)36(45)46/h4-13,15-16,19-21,32H,2-3,14,17-18H2,1H3,(H,41,44)(H,45,46)/t32-/m0/s1. The van der Waals surface area contributed by atoms with Crippen LogP contribution in [0.15, 0.2) is 91.1 Å². The van der Waals surface area contributed by atoms with Gasteiger partial charge in [0.05, 0.1) is 28.7 Å². The lowest BCUT2D eigenvalue weighted by molar-refractivity contribution is -0.121. The molecule has 0 spiro atoms. The van der Waals surface area contributed by atoms with Crippen LogP contribution in [0.4, 0.5) is 8.78 Å². The van der Waals surface area contributed by atoms with Gasteiger partial charge in [-0.3, -0.25) is 4.79 Å². The molecule has 1 amide bonds. The number of hydrogen-bond donors (Lipinski definition) is 2. The molecule has 0 aliphatic carbocycles. The SMILES string of the molecule is CCCCn1cc(-c2ccc(Cl)cc2Cl)nc1[C@H](Cc1ccc(Oc2ccc(C(=O)O)cc2)cc1)NC(=O)Cc1cc(F)cc(F)c1. The summed E-state index contributed by atoms with van der Waals surface area (Å²) in [5.74, 6) is -1.36. The number of halogens is 4. The van der Waals surface area contributed by atoms with Gasteiger partial charge in [-0.05, 0) is 90.7 Å². The summed E-state index contributed by atoms with van der Waals surface area (Å²) in [6, 6.07) is 20.9. The molecule has 0 saturated heterocycles. The van der Waals surface area contributed by atoms with E-state index in [-0.39, 0.29) is 17.5 Å². The van der Waals surface area contributed by atoms with Crippen LogP contribution in [0.1, 0.15) is 53.1 Å². The third kappa shape index (κ3) is 8.96. The van der Waals surface area contributed by atoms with Gasteiger partial charge >= 0.3 is 5.97 Å². The Bertz CT molecular complexity index is 1860. The molecule has 5 aromatic rings. The van der Waals surface area contributed by atoms with E-state index in [4.69, 9.17) is 38.0 Å². The van der Waals surface area contributed by atoms with Crippen molar-refractivity contribution in [2.75, 3.05) is 0 Å². The monoisotopic (exact) mass is 677 g/mol. The highest BCUT2D eigenvalue weighted by Crippen LogP contribution is 2.32. The summed E-state index contributed by atoms with van der Waals surface area (Å²) in [6.45, 7) is 2.72. The fourth-order valence-corrected chi connectivity index (χ4v) is 5.63. The average Bonchev–Trinajstić information content (AvgIpc) is 3.44. The van der Waals surface area contributed by atoms with E-state index in [2.05, 4.69) is 12.2 Å². The van der Waals surface area contributed by atoms with E-state index < -0.39 is 29.6 Å². The molecule has 242 valence electrons. The number of aromatic nitrogens is 2. The quantitative estimate of drug-likeness (QED) is 0.130. The number of carboxylic acid groups (broad SMARTS) is 1. The number of rotatable bonds is 13. The summed E-state index contributed by atoms with van der Waals surface area (Å²) in [5, 5.41) is 13.1. The zero-order valence-corrected chi connectivity index (χ0v) is 26.9. The van der Waals surface area contributed by atoms with E-state index in [1.54, 1.807) is 42.5 Å². The summed E-state index contributed by atoms with van der Waals surface area (Å²) >= 11 is 12.7. The Morgan fingerprint density at radius 2 is 1.57 bits per heavy atom. The van der Waals surface area contributed by atoms with Gasteiger partial charge in [-0.25, -0.2) is 18.6 Å². The third-order valence-electron chi connectivity index (χ3n) is 7.40. The molecule has 11 heteroatoms. The predicted octanol–water partition coefficient (Wildman–Crippen LogP) is 9.07. The van der Waals surface area contributed by atoms with Crippen LogP contribution in [0.5, 0.6) is 11.5 Å². The van der Waals surface area contributed by atoms with Crippen LogP contribution in [0, 0.1) is 11.6 Å². The maximum atomic E-state index is 13.9. The molecular formula is C36H31Cl2F2N3O4. The molecule has 0 unspecified atom stereocenters. The highest BCUT2D eigenvalue weighted by atomic mass is 35.5. The number of nitrogens with one attached hydrogen (secondary N) is 1. The number of aryl methyl sites for hydroxylation is 1. The maximum absolute atomic E-state index is 13.9. The van der Waals surface area contributed by atoms with Crippen molar-refractivity contribution < 1.29 is 28.2 Å². The average molecular weight is 679 g/mol. The van der Waals surface area contributed by atoms with E-state index >= 15 is 0 Å². The molecule has 7 nitrogen and oxygen atoms in total. The number of carboxylic acids is 1. The lowest BCUT2D eigenvalue weighted by Crippen LogP contribution is -2.33. The highest BCUT2D eigenvalue weighted by Gasteiger charge is 2.23. The number of unbranched alkanes of at least 4 members (excludes halogenated alkanes) is 1. The number of benzene rings is 4. The number of amides is 1. The minimum atomic E-state index is -1.02. The Balaban J connectivity index is 1.44. The number of hydrogen-bond acceptors (Lipinski definition) is 4. The predicted molar refractivity (Wildman–Crippen MR) is 177 cm³/mol. The summed E-state index contributed by atoms with van der Waals surface area (Å²) in [4.78, 5) is 29.4. The lowest BCUT2D eigenvalue weighted by Gasteiger charge is -2.20. The molecular weight excluding hydrogens is 647 g/mol. The van der Waals surface area contributed by atoms with Crippen molar-refractivity contribution in [3.63, 3.8) is 0 Å². The lowest BCUT2D eigenvalue weighted by atomic mass is 10.0. The van der Waals surface area contributed by atoms with E-state index in [1.165, 1.54) is 12.1 Å². The Labute approximate surface area is 280 Å². The Hall–Kier alpha value is -4.73. The molecule has 2 N–H and O–H groups in total. The van der Waals surface area contributed by atoms with Crippen molar-refractivity contribution in [3.05, 3.63) is 135 Å². The zero-order chi connectivity index (χ0) is 33.5. The van der Waals surface area contributed by atoms with Gasteiger partial charge in [-0.15, -0.1) is 0 Å². The molecule has 0 bridgehead atoms. The molecule has 1 heterocycles. The largest absolute Gasteiger partial charge is 0.478 e. The van der Waals surface area contributed by atoms with Crippen molar-refractivity contribution in [2.24, 2.45) is 0 Å². The van der Waals surface area contributed by atoms with Crippen LogP contribution in [-0.2, 0) is 24.2 Å². The zero-order valence-electron chi connectivity index (χ0n) is 25.4. The molecule has 47 heavy (non-hydrogen) atoms. The number of carbonyl (C=O) groups excluding carboxylic acids is 1. The minimum Gasteiger partial charge on any atom is -0.478 e. The van der Waals surface area contributed by atoms with Crippen molar-refractivity contribution in [1.82, 2.24) is 14.9 Å². The Morgan fingerprint density at radius 1 is 0.915 bits per heavy atom. The second-order valence-corrected chi connectivity index (χ2v) is 11.9. The van der Waals surface area contributed by atoms with Gasteiger partial charge < -0.3 is 19.7 Å². The van der Waals surface area contributed by atoms with Crippen molar-refractivity contribution in [3.8, 4) is 22.8 Å². The first-order valence-electron chi connectivity index (χ1n) is 14.9. The van der Waals surface area contributed by atoms with Gasteiger partial charge in [0.1, 0.15) is 29.0 Å². The minimum absolute atomic E-state index is 0.155. The fourth-order valence-electron chi connectivity index (χ4n) is 5.12. The van der Waals surface area contributed by atoms with Crippen molar-refractivity contribution in [1.29, 1.82) is 0 Å². The first-order chi connectivity index (χ1) is 22.6. The van der Waals surface area contributed by atoms with Crippen LogP contribution in [0.25, 0.3) is 11.3 Å². The first kappa shape index (κ1) is 33.6. The number of nitrogens with zero attached hydrogens (tertiary/aromatic N) is 2. The Kier molecular flexibility index (Phi) is 10.9. The summed E-state index contributed by atoms with van der Waals surface area (Å²) < 4.78 is 35.6. The van der Waals surface area contributed by atoms with Crippen molar-refractivity contribution >= 4 is 35.1 Å². The molecule has 0 radical (unpaired) electrons. The normalized spacial score (nSPS) is 11.7. The van der Waals surface area contributed by atoms with Crippen molar-refractivity contribution in [2.45, 2.75) is 45.2 Å². The van der Waals surface area contributed by atoms with Gasteiger partial charge in [0, 0.05) is 29.4 Å². The van der Waals surface area contributed by atoms with Gasteiger partial charge in [0.25, 0.3) is 0 Å². The fraction of sp³-hybridized carbons (Fsp3) is 0.194. The molecule has 1 aromatic heterocycles. The molecule has 0 saturated carbocycles. The van der Waals surface area contributed by atoms with E-state index in [0.717, 1.165) is 36.6 Å². The molecule has 5 rings (SSSR count). The molecule has 0 aliphatic rings. The second kappa shape index (κ2) is 15.2. The molecule has 1 atom stereocenters. The smallest absolute Gasteiger partial charge is 0.335 e. The van der Waals surface area contributed by atoms with Gasteiger partial charge in [-0.2, -0.15) is 0 Å². The topological polar surface area (TPSA) is 93.5 Å². The first-order valence-corrected chi connectivity index (χ1v) is 15.7. The van der Waals surface area contributed by atoms with E-state index in [1.807, 2.05) is 22.9 Å². The number of imidazole rings is 1. The highest BCUT2D eigenvalue weighted by molar-refractivity contribution is 6.36. The molecule has 4 aromatic carbocycles. The molecule has 0 aliphatic heterocycles. The van der Waals surface area contributed by atoms with Crippen LogP contribution in [0.3, 0.4) is 0 Å². The molecule has 0 fully saturated rings. The van der Waals surface area contributed by atoms with Crippen LogP contribution in [-0.4, -0.2) is 26.5 Å². The van der Waals surface area contributed by atoms with Gasteiger partial charge in [-0.1, -0.05) is 48.7 Å². The summed E-state index contributed by atoms with van der Waals surface area (Å²) in [5.41, 5.74) is 2.52. The third-order valence-corrected chi connectivity index (χ3v) is 7.95. The second-order valence-electron chi connectivity index (χ2n) is 11.0. The van der Waals surface area contributed by atoms with Crippen LogP contribution < -0.4 is 10.1 Å². The van der Waals surface area contributed by atoms with Gasteiger partial charge in [0.15, 0.2) is 0 Å². The number of ether oxygens (including phenoxy) is 1. The number of carbonyl (C=O) groups is 2. The van der Waals surface area contributed by atoms with E-state index in [9.17, 15) is 18.4 Å². The number of aromatic carboxylic acids is 1. The van der Waals surface area contributed by atoms with Gasteiger partial charge in [0.2, 0.25) is 5.91 Å². The Morgan fingerprint density at radius 3 is 2.19 bits per heavy atom. The van der Waals surface area contributed by atoms with Crippen LogP contribution in [0.2, 0.25) is 10.0 Å². The summed E-state index contributed by atoms with van der Waals surface area (Å²) in [7, 11) is 0. The summed E-state index contributed by atoms with van der Waals surface area (Å²) in [6.07, 6.45) is 3.79. The maximum Gasteiger partial charge on any atom is 0.335 e.